The van der Waals surface area contributed by atoms with Crippen LogP contribution in [0.25, 0.3) is 0 Å². The summed E-state index contributed by atoms with van der Waals surface area (Å²) >= 11 is 0. The Morgan fingerprint density at radius 1 is 0.889 bits per heavy atom. The first-order valence-electron chi connectivity index (χ1n) is 10.4. The van der Waals surface area contributed by atoms with Crippen LogP contribution in [0.15, 0.2) is 54.6 Å². The lowest BCUT2D eigenvalue weighted by Gasteiger charge is -2.30. The number of hydrogen-bond acceptors (Lipinski definition) is 3. The summed E-state index contributed by atoms with van der Waals surface area (Å²) in [5.41, 5.74) is 0.836. The number of ether oxygens (including phenoxy) is 2. The molecule has 27 heavy (non-hydrogen) atoms. The molecule has 1 saturated heterocycles. The maximum atomic E-state index is 6.30. The first-order chi connectivity index (χ1) is 13.2. The quantitative estimate of drug-likeness (QED) is 0.535. The highest BCUT2D eigenvalue weighted by Gasteiger charge is 2.26. The third-order valence-corrected chi connectivity index (χ3v) is 5.56. The van der Waals surface area contributed by atoms with E-state index in [0.717, 1.165) is 37.5 Å². The van der Waals surface area contributed by atoms with Crippen molar-refractivity contribution in [2.75, 3.05) is 26.2 Å². The molecular formula is C24H33NO2. The maximum Gasteiger partial charge on any atom is 0.131 e. The van der Waals surface area contributed by atoms with E-state index in [2.05, 4.69) is 43.0 Å². The molecule has 1 fully saturated rings. The minimum atomic E-state index is -0.339. The number of nitrogens with zero attached hydrogens (tertiary/aromatic N) is 1. The highest BCUT2D eigenvalue weighted by Crippen LogP contribution is 2.32. The summed E-state index contributed by atoms with van der Waals surface area (Å²) in [6.45, 7) is 8.75. The van der Waals surface area contributed by atoms with Gasteiger partial charge in [0.05, 0.1) is 6.61 Å². The van der Waals surface area contributed by atoms with Gasteiger partial charge in [-0.3, -0.25) is 0 Å². The van der Waals surface area contributed by atoms with Crippen LogP contribution in [0.4, 0.5) is 0 Å². The molecule has 3 rings (SSSR count). The lowest BCUT2D eigenvalue weighted by Crippen LogP contribution is -2.31. The van der Waals surface area contributed by atoms with Crippen LogP contribution < -0.4 is 9.47 Å². The molecule has 3 heteroatoms. The van der Waals surface area contributed by atoms with E-state index in [1.807, 2.05) is 30.3 Å². The Kier molecular flexibility index (Phi) is 7.17. The average Bonchev–Trinajstić information content (AvgIpc) is 2.73. The number of benzene rings is 2. The molecule has 0 N–H and O–H groups in total. The molecule has 0 bridgehead atoms. The molecule has 1 heterocycles. The zero-order valence-corrected chi connectivity index (χ0v) is 16.8. The Balaban J connectivity index is 1.50. The SMILES string of the molecule is CCC(C)(Oc1ccccc1)c1ccc(OCCCN2CCCCC2)cc1. The molecule has 2 aromatic carbocycles. The minimum Gasteiger partial charge on any atom is -0.494 e. The Hall–Kier alpha value is -2.00. The van der Waals surface area contributed by atoms with E-state index < -0.39 is 0 Å². The van der Waals surface area contributed by atoms with Gasteiger partial charge in [-0.25, -0.2) is 0 Å². The van der Waals surface area contributed by atoms with Crippen LogP contribution in [0.1, 0.15) is 51.5 Å². The van der Waals surface area contributed by atoms with Crippen LogP contribution in [0.2, 0.25) is 0 Å². The van der Waals surface area contributed by atoms with Gasteiger partial charge in [0, 0.05) is 6.54 Å². The van der Waals surface area contributed by atoms with Crippen molar-refractivity contribution >= 4 is 0 Å². The summed E-state index contributed by atoms with van der Waals surface area (Å²) in [7, 11) is 0. The fourth-order valence-corrected chi connectivity index (χ4v) is 3.65. The van der Waals surface area contributed by atoms with Gasteiger partial charge < -0.3 is 14.4 Å². The second-order valence-electron chi connectivity index (χ2n) is 7.63. The number of piperidine rings is 1. The van der Waals surface area contributed by atoms with Crippen molar-refractivity contribution in [3.63, 3.8) is 0 Å². The molecule has 3 nitrogen and oxygen atoms in total. The van der Waals surface area contributed by atoms with Crippen LogP contribution in [0, 0.1) is 0 Å². The third kappa shape index (κ3) is 5.74. The third-order valence-electron chi connectivity index (χ3n) is 5.56. The Bertz CT molecular complexity index is 665. The summed E-state index contributed by atoms with van der Waals surface area (Å²) in [4.78, 5) is 2.56. The summed E-state index contributed by atoms with van der Waals surface area (Å²) in [6, 6.07) is 18.4. The lowest BCUT2D eigenvalue weighted by atomic mass is 9.93. The molecule has 1 atom stereocenters. The van der Waals surface area contributed by atoms with Gasteiger partial charge in [0.2, 0.25) is 0 Å². The van der Waals surface area contributed by atoms with Crippen molar-refractivity contribution in [2.24, 2.45) is 0 Å². The number of hydrogen-bond donors (Lipinski definition) is 0. The highest BCUT2D eigenvalue weighted by molar-refractivity contribution is 5.32. The fourth-order valence-electron chi connectivity index (χ4n) is 3.65. The number of rotatable bonds is 9. The number of likely N-dealkylation sites (tertiary alicyclic amines) is 1. The highest BCUT2D eigenvalue weighted by atomic mass is 16.5. The predicted octanol–water partition coefficient (Wildman–Crippen LogP) is 5.65. The molecule has 0 aliphatic carbocycles. The molecule has 1 aliphatic rings. The monoisotopic (exact) mass is 367 g/mol. The van der Waals surface area contributed by atoms with Gasteiger partial charge in [0.15, 0.2) is 0 Å². The lowest BCUT2D eigenvalue weighted by molar-refractivity contribution is 0.0825. The molecule has 146 valence electrons. The van der Waals surface area contributed by atoms with E-state index in [0.29, 0.717) is 0 Å². The van der Waals surface area contributed by atoms with Crippen LogP contribution >= 0.6 is 0 Å². The van der Waals surface area contributed by atoms with Crippen molar-refractivity contribution in [3.8, 4) is 11.5 Å². The van der Waals surface area contributed by atoms with Crippen molar-refractivity contribution in [2.45, 2.75) is 51.6 Å². The molecule has 1 aliphatic heterocycles. The smallest absolute Gasteiger partial charge is 0.131 e. The molecule has 0 radical (unpaired) electrons. The fraction of sp³-hybridized carbons (Fsp3) is 0.500. The summed E-state index contributed by atoms with van der Waals surface area (Å²) in [5.74, 6) is 1.84. The average molecular weight is 368 g/mol. The Morgan fingerprint density at radius 2 is 1.59 bits per heavy atom. The van der Waals surface area contributed by atoms with Crippen molar-refractivity contribution in [1.29, 1.82) is 0 Å². The van der Waals surface area contributed by atoms with Crippen LogP contribution in [0.3, 0.4) is 0 Å². The Morgan fingerprint density at radius 3 is 2.26 bits per heavy atom. The first kappa shape index (κ1) is 19.8. The van der Waals surface area contributed by atoms with Crippen LogP contribution in [-0.4, -0.2) is 31.1 Å². The molecular weight excluding hydrogens is 334 g/mol. The van der Waals surface area contributed by atoms with Gasteiger partial charge in [-0.2, -0.15) is 0 Å². The summed E-state index contributed by atoms with van der Waals surface area (Å²) in [5, 5.41) is 0. The molecule has 0 saturated carbocycles. The van der Waals surface area contributed by atoms with Crippen LogP contribution in [-0.2, 0) is 5.60 Å². The normalized spacial score (nSPS) is 17.3. The summed E-state index contributed by atoms with van der Waals surface area (Å²) < 4.78 is 12.2. The van der Waals surface area contributed by atoms with E-state index in [4.69, 9.17) is 9.47 Å². The summed E-state index contributed by atoms with van der Waals surface area (Å²) in [6.07, 6.45) is 6.08. The van der Waals surface area contributed by atoms with E-state index >= 15 is 0 Å². The Labute approximate surface area is 164 Å². The van der Waals surface area contributed by atoms with Gasteiger partial charge in [-0.1, -0.05) is 43.7 Å². The first-order valence-corrected chi connectivity index (χ1v) is 10.4. The van der Waals surface area contributed by atoms with E-state index in [1.54, 1.807) is 0 Å². The van der Waals surface area contributed by atoms with E-state index in [9.17, 15) is 0 Å². The molecule has 0 amide bonds. The zero-order chi connectivity index (χ0) is 19.0. The maximum absolute atomic E-state index is 6.30. The van der Waals surface area contributed by atoms with E-state index in [-0.39, 0.29) is 5.60 Å². The topological polar surface area (TPSA) is 21.7 Å². The van der Waals surface area contributed by atoms with Gasteiger partial charge >= 0.3 is 0 Å². The standard InChI is InChI=1S/C24H33NO2/c1-3-24(2,27-23-11-6-4-7-12-23)21-13-15-22(16-14-21)26-20-10-19-25-17-8-5-9-18-25/h4,6-7,11-16H,3,5,8-10,17-20H2,1-2H3. The van der Waals surface area contributed by atoms with Gasteiger partial charge in [-0.15, -0.1) is 0 Å². The zero-order valence-electron chi connectivity index (χ0n) is 16.8. The van der Waals surface area contributed by atoms with Gasteiger partial charge in [0.25, 0.3) is 0 Å². The van der Waals surface area contributed by atoms with Gasteiger partial charge in [-0.05, 0) is 75.5 Å². The van der Waals surface area contributed by atoms with Crippen LogP contribution in [0.5, 0.6) is 11.5 Å². The van der Waals surface area contributed by atoms with Crippen molar-refractivity contribution in [3.05, 3.63) is 60.2 Å². The molecule has 0 aromatic heterocycles. The number of para-hydroxylation sites is 1. The molecule has 1 unspecified atom stereocenters. The minimum absolute atomic E-state index is 0.339. The second-order valence-corrected chi connectivity index (χ2v) is 7.63. The van der Waals surface area contributed by atoms with Crippen molar-refractivity contribution in [1.82, 2.24) is 4.90 Å². The molecule has 0 spiro atoms. The largest absolute Gasteiger partial charge is 0.494 e. The molecule has 2 aromatic rings. The predicted molar refractivity (Wildman–Crippen MR) is 112 cm³/mol. The van der Waals surface area contributed by atoms with Gasteiger partial charge in [0.1, 0.15) is 17.1 Å². The second kappa shape index (κ2) is 9.80. The van der Waals surface area contributed by atoms with E-state index in [1.165, 1.54) is 37.9 Å². The van der Waals surface area contributed by atoms with Crippen molar-refractivity contribution < 1.29 is 9.47 Å².